The van der Waals surface area contributed by atoms with E-state index < -0.39 is 0 Å². The summed E-state index contributed by atoms with van der Waals surface area (Å²) >= 11 is 0. The molecular formula is C16H26N4. The number of nitrogens with zero attached hydrogens (tertiary/aromatic N) is 3. The molecule has 0 bridgehead atoms. The van der Waals surface area contributed by atoms with Crippen LogP contribution in [0.3, 0.4) is 0 Å². The first-order valence-electron chi connectivity index (χ1n) is 7.93. The number of hydrogen-bond donors (Lipinski definition) is 1. The maximum atomic E-state index is 6.10. The lowest BCUT2D eigenvalue weighted by atomic mass is 9.86. The van der Waals surface area contributed by atoms with Crippen molar-refractivity contribution in [1.82, 2.24) is 9.97 Å². The van der Waals surface area contributed by atoms with Gasteiger partial charge in [-0.25, -0.2) is 9.97 Å². The third-order valence-corrected chi connectivity index (χ3v) is 4.98. The fourth-order valence-electron chi connectivity index (χ4n) is 3.21. The third-order valence-electron chi connectivity index (χ3n) is 4.98. The van der Waals surface area contributed by atoms with Crippen LogP contribution in [0.4, 0.5) is 11.6 Å². The summed E-state index contributed by atoms with van der Waals surface area (Å²) in [5.74, 6) is 4.10. The summed E-state index contributed by atoms with van der Waals surface area (Å²) in [7, 11) is 2.17. The van der Waals surface area contributed by atoms with Gasteiger partial charge in [0.05, 0.1) is 0 Å². The van der Waals surface area contributed by atoms with Gasteiger partial charge in [-0.2, -0.15) is 0 Å². The van der Waals surface area contributed by atoms with Gasteiger partial charge in [-0.1, -0.05) is 6.92 Å². The van der Waals surface area contributed by atoms with Gasteiger partial charge in [-0.15, -0.1) is 0 Å². The van der Waals surface area contributed by atoms with Gasteiger partial charge in [-0.05, 0) is 51.4 Å². The average molecular weight is 274 g/mol. The van der Waals surface area contributed by atoms with Crippen LogP contribution in [-0.2, 0) is 0 Å². The zero-order chi connectivity index (χ0) is 14.3. The maximum absolute atomic E-state index is 6.10. The summed E-state index contributed by atoms with van der Waals surface area (Å²) in [6.07, 6.45) is 7.60. The fourth-order valence-corrected chi connectivity index (χ4v) is 3.21. The van der Waals surface area contributed by atoms with E-state index in [9.17, 15) is 0 Å². The van der Waals surface area contributed by atoms with Crippen LogP contribution in [0.15, 0.2) is 0 Å². The molecule has 2 aliphatic rings. The standard InChI is InChI=1S/C16H26N4/c1-10-4-8-13(9-5-10)20(3)16-11(2)14(17)18-15(19-16)12-6-7-12/h10,12-13H,4-9H2,1-3H3,(H2,17,18,19). The maximum Gasteiger partial charge on any atom is 0.137 e. The van der Waals surface area contributed by atoms with Gasteiger partial charge in [-0.3, -0.25) is 0 Å². The van der Waals surface area contributed by atoms with Crippen molar-refractivity contribution in [3.63, 3.8) is 0 Å². The van der Waals surface area contributed by atoms with Crippen molar-refractivity contribution in [2.24, 2.45) is 5.92 Å². The van der Waals surface area contributed by atoms with Gasteiger partial charge in [0.15, 0.2) is 0 Å². The van der Waals surface area contributed by atoms with Crippen LogP contribution in [0, 0.1) is 12.8 Å². The molecule has 0 spiro atoms. The zero-order valence-corrected chi connectivity index (χ0v) is 12.9. The predicted molar refractivity (Wildman–Crippen MR) is 83.0 cm³/mol. The smallest absolute Gasteiger partial charge is 0.137 e. The lowest BCUT2D eigenvalue weighted by Gasteiger charge is -2.35. The topological polar surface area (TPSA) is 55.0 Å². The summed E-state index contributed by atoms with van der Waals surface area (Å²) in [6.45, 7) is 4.40. The van der Waals surface area contributed by atoms with Crippen LogP contribution >= 0.6 is 0 Å². The van der Waals surface area contributed by atoms with Crippen molar-refractivity contribution < 1.29 is 0 Å². The van der Waals surface area contributed by atoms with E-state index >= 15 is 0 Å². The molecule has 0 aromatic carbocycles. The molecule has 0 radical (unpaired) electrons. The molecule has 4 nitrogen and oxygen atoms in total. The van der Waals surface area contributed by atoms with E-state index in [0.717, 1.165) is 23.1 Å². The highest BCUT2D eigenvalue weighted by molar-refractivity contribution is 5.57. The highest BCUT2D eigenvalue weighted by Crippen LogP contribution is 2.40. The number of nitrogen functional groups attached to an aromatic ring is 1. The summed E-state index contributed by atoms with van der Waals surface area (Å²) in [5.41, 5.74) is 7.14. The first-order valence-corrected chi connectivity index (χ1v) is 7.93. The summed E-state index contributed by atoms with van der Waals surface area (Å²) in [5, 5.41) is 0. The van der Waals surface area contributed by atoms with E-state index in [1.807, 2.05) is 6.92 Å². The second-order valence-electron chi connectivity index (χ2n) is 6.71. The van der Waals surface area contributed by atoms with Gasteiger partial charge in [0, 0.05) is 24.6 Å². The molecular weight excluding hydrogens is 248 g/mol. The van der Waals surface area contributed by atoms with Crippen LogP contribution in [-0.4, -0.2) is 23.1 Å². The fraction of sp³-hybridized carbons (Fsp3) is 0.750. The highest BCUT2D eigenvalue weighted by Gasteiger charge is 2.30. The van der Waals surface area contributed by atoms with E-state index in [-0.39, 0.29) is 0 Å². The molecule has 1 aromatic rings. The summed E-state index contributed by atoms with van der Waals surface area (Å²) in [6, 6.07) is 0.603. The molecule has 3 rings (SSSR count). The van der Waals surface area contributed by atoms with Gasteiger partial charge >= 0.3 is 0 Å². The minimum absolute atomic E-state index is 0.552. The summed E-state index contributed by atoms with van der Waals surface area (Å²) in [4.78, 5) is 11.7. The third kappa shape index (κ3) is 2.60. The van der Waals surface area contributed by atoms with E-state index in [4.69, 9.17) is 10.7 Å². The van der Waals surface area contributed by atoms with E-state index in [2.05, 4.69) is 23.9 Å². The van der Waals surface area contributed by atoms with Crippen molar-refractivity contribution in [2.45, 2.75) is 64.3 Å². The molecule has 0 saturated heterocycles. The van der Waals surface area contributed by atoms with Crippen LogP contribution < -0.4 is 10.6 Å². The average Bonchev–Trinajstić information content (AvgIpc) is 3.26. The van der Waals surface area contributed by atoms with Crippen molar-refractivity contribution in [3.05, 3.63) is 11.4 Å². The summed E-state index contributed by atoms with van der Waals surface area (Å²) < 4.78 is 0. The minimum atomic E-state index is 0.552. The Bertz CT molecular complexity index is 487. The minimum Gasteiger partial charge on any atom is -0.383 e. The Morgan fingerprint density at radius 2 is 1.70 bits per heavy atom. The molecule has 0 amide bonds. The SMILES string of the molecule is Cc1c(N)nc(C2CC2)nc1N(C)C1CCC(C)CC1. The molecule has 0 atom stereocenters. The molecule has 2 aliphatic carbocycles. The zero-order valence-electron chi connectivity index (χ0n) is 12.9. The van der Waals surface area contributed by atoms with Crippen molar-refractivity contribution in [2.75, 3.05) is 17.7 Å². The Labute approximate surface area is 121 Å². The predicted octanol–water partition coefficient (Wildman–Crippen LogP) is 3.26. The molecule has 0 unspecified atom stereocenters. The number of rotatable bonds is 3. The number of anilines is 2. The number of nitrogens with two attached hydrogens (primary N) is 1. The largest absolute Gasteiger partial charge is 0.383 e. The first kappa shape index (κ1) is 13.7. The lowest BCUT2D eigenvalue weighted by Crippen LogP contribution is -2.36. The Kier molecular flexibility index (Phi) is 3.57. The molecule has 2 N–H and O–H groups in total. The Hall–Kier alpha value is -1.32. The van der Waals surface area contributed by atoms with Crippen LogP contribution in [0.25, 0.3) is 0 Å². The Morgan fingerprint density at radius 1 is 1.05 bits per heavy atom. The molecule has 1 aromatic heterocycles. The lowest BCUT2D eigenvalue weighted by molar-refractivity contribution is 0.339. The molecule has 110 valence electrons. The first-order chi connectivity index (χ1) is 9.56. The number of hydrogen-bond acceptors (Lipinski definition) is 4. The number of aromatic nitrogens is 2. The van der Waals surface area contributed by atoms with Crippen molar-refractivity contribution in [1.29, 1.82) is 0 Å². The molecule has 0 aliphatic heterocycles. The van der Waals surface area contributed by atoms with Gasteiger partial charge < -0.3 is 10.6 Å². The normalized spacial score (nSPS) is 26.6. The molecule has 2 saturated carbocycles. The van der Waals surface area contributed by atoms with Crippen LogP contribution in [0.1, 0.15) is 62.8 Å². The van der Waals surface area contributed by atoms with Gasteiger partial charge in [0.25, 0.3) is 0 Å². The van der Waals surface area contributed by atoms with Gasteiger partial charge in [0.2, 0.25) is 0 Å². The van der Waals surface area contributed by atoms with Crippen molar-refractivity contribution in [3.8, 4) is 0 Å². The van der Waals surface area contributed by atoms with E-state index in [0.29, 0.717) is 17.8 Å². The van der Waals surface area contributed by atoms with Gasteiger partial charge in [0.1, 0.15) is 17.5 Å². The molecule has 1 heterocycles. The van der Waals surface area contributed by atoms with Crippen LogP contribution in [0.5, 0.6) is 0 Å². The van der Waals surface area contributed by atoms with E-state index in [1.54, 1.807) is 0 Å². The Morgan fingerprint density at radius 3 is 2.30 bits per heavy atom. The Balaban J connectivity index is 1.84. The quantitative estimate of drug-likeness (QED) is 0.919. The highest BCUT2D eigenvalue weighted by atomic mass is 15.2. The van der Waals surface area contributed by atoms with Crippen molar-refractivity contribution >= 4 is 11.6 Å². The monoisotopic (exact) mass is 274 g/mol. The molecule has 2 fully saturated rings. The molecule has 20 heavy (non-hydrogen) atoms. The second-order valence-corrected chi connectivity index (χ2v) is 6.71. The second kappa shape index (κ2) is 5.23. The van der Waals surface area contributed by atoms with E-state index in [1.165, 1.54) is 38.5 Å². The molecule has 4 heteroatoms. The van der Waals surface area contributed by atoms with Crippen LogP contribution in [0.2, 0.25) is 0 Å².